The number of hydrogen-bond acceptors (Lipinski definition) is 3. The van der Waals surface area contributed by atoms with E-state index < -0.39 is 6.23 Å². The average molecular weight is 330 g/mol. The second-order valence-corrected chi connectivity index (χ2v) is 7.12. The van der Waals surface area contributed by atoms with Crippen LogP contribution in [0.25, 0.3) is 0 Å². The Morgan fingerprint density at radius 2 is 1.04 bits per heavy atom. The van der Waals surface area contributed by atoms with Crippen molar-refractivity contribution in [1.82, 2.24) is 5.32 Å². The minimum atomic E-state index is -0.527. The van der Waals surface area contributed by atoms with Crippen LogP contribution in [-0.4, -0.2) is 29.1 Å². The summed E-state index contributed by atoms with van der Waals surface area (Å²) in [5, 5.41) is 21.6. The lowest BCUT2D eigenvalue weighted by Crippen LogP contribution is -2.33. The third-order valence-electron chi connectivity index (χ3n) is 4.54. The highest BCUT2D eigenvalue weighted by atomic mass is 16.3. The topological polar surface area (TPSA) is 52.5 Å². The Hall–Kier alpha value is -0.120. The fourth-order valence-corrected chi connectivity index (χ4v) is 2.98. The summed E-state index contributed by atoms with van der Waals surface area (Å²) in [4.78, 5) is 0. The predicted molar refractivity (Wildman–Crippen MR) is 101 cm³/mol. The van der Waals surface area contributed by atoms with Gasteiger partial charge in [0.05, 0.1) is 6.10 Å². The Kier molecular flexibility index (Phi) is 18.1. The molecule has 3 heteroatoms. The van der Waals surface area contributed by atoms with Crippen molar-refractivity contribution < 1.29 is 10.2 Å². The maximum atomic E-state index is 9.72. The molecular weight excluding hydrogens is 286 g/mol. The molecule has 0 aliphatic rings. The van der Waals surface area contributed by atoms with Crippen molar-refractivity contribution in [2.75, 3.05) is 6.54 Å². The van der Waals surface area contributed by atoms with Crippen molar-refractivity contribution in [3.05, 3.63) is 0 Å². The Labute approximate surface area is 145 Å². The van der Waals surface area contributed by atoms with Crippen LogP contribution in [0.5, 0.6) is 0 Å². The fourth-order valence-electron chi connectivity index (χ4n) is 2.98. The minimum Gasteiger partial charge on any atom is -0.392 e. The van der Waals surface area contributed by atoms with E-state index in [9.17, 15) is 5.11 Å². The predicted octanol–water partition coefficient (Wildman–Crippen LogP) is 5.15. The minimum absolute atomic E-state index is 0.318. The second kappa shape index (κ2) is 18.2. The molecule has 140 valence electrons. The zero-order valence-corrected chi connectivity index (χ0v) is 15.9. The molecule has 0 aromatic heterocycles. The summed E-state index contributed by atoms with van der Waals surface area (Å²) < 4.78 is 0. The molecule has 0 aromatic rings. The van der Waals surface area contributed by atoms with Crippen molar-refractivity contribution in [2.45, 2.75) is 122 Å². The van der Waals surface area contributed by atoms with Crippen LogP contribution in [0.3, 0.4) is 0 Å². The van der Waals surface area contributed by atoms with E-state index in [2.05, 4.69) is 12.2 Å². The first-order valence-corrected chi connectivity index (χ1v) is 10.3. The molecule has 3 N–H and O–H groups in total. The molecule has 0 rings (SSSR count). The fraction of sp³-hybridized carbons (Fsp3) is 1.00. The summed E-state index contributed by atoms with van der Waals surface area (Å²) >= 11 is 0. The number of aliphatic hydroxyl groups excluding tert-OH is 2. The second-order valence-electron chi connectivity index (χ2n) is 7.12. The van der Waals surface area contributed by atoms with Gasteiger partial charge in [-0.1, -0.05) is 96.8 Å². The average Bonchev–Trinajstić information content (AvgIpc) is 2.53. The first-order chi connectivity index (χ1) is 11.2. The standard InChI is InChI=1S/C20H43NO2/c1-3-4-5-6-7-8-9-10-11-12-13-14-15-16-17-20(23)18-21-19(2)22/h19-23H,3-18H2,1-2H3. The van der Waals surface area contributed by atoms with Gasteiger partial charge in [0.1, 0.15) is 6.23 Å². The third-order valence-corrected chi connectivity index (χ3v) is 4.54. The Morgan fingerprint density at radius 3 is 1.43 bits per heavy atom. The van der Waals surface area contributed by atoms with E-state index in [1.807, 2.05) is 0 Å². The first-order valence-electron chi connectivity index (χ1n) is 10.3. The summed E-state index contributed by atoms with van der Waals surface area (Å²) in [5.41, 5.74) is 0. The highest BCUT2D eigenvalue weighted by Crippen LogP contribution is 2.13. The number of aliphatic hydroxyl groups is 2. The quantitative estimate of drug-likeness (QED) is 0.241. The lowest BCUT2D eigenvalue weighted by Gasteiger charge is -2.13. The third kappa shape index (κ3) is 19.8. The van der Waals surface area contributed by atoms with Crippen LogP contribution in [0.1, 0.15) is 110 Å². The van der Waals surface area contributed by atoms with Gasteiger partial charge >= 0.3 is 0 Å². The van der Waals surface area contributed by atoms with Gasteiger partial charge in [0.25, 0.3) is 0 Å². The molecule has 2 unspecified atom stereocenters. The number of rotatable bonds is 18. The van der Waals surface area contributed by atoms with Gasteiger partial charge in [-0.25, -0.2) is 0 Å². The van der Waals surface area contributed by atoms with Gasteiger partial charge in [0, 0.05) is 6.54 Å². The van der Waals surface area contributed by atoms with Gasteiger partial charge < -0.3 is 10.2 Å². The van der Waals surface area contributed by atoms with Crippen LogP contribution in [0, 0.1) is 0 Å². The summed E-state index contributed by atoms with van der Waals surface area (Å²) in [6.45, 7) is 4.45. The molecule has 0 saturated heterocycles. The van der Waals surface area contributed by atoms with E-state index in [0.29, 0.717) is 6.54 Å². The SMILES string of the molecule is CCCCCCCCCCCCCCCCC(O)CNC(C)O. The van der Waals surface area contributed by atoms with E-state index in [0.717, 1.165) is 12.8 Å². The summed E-state index contributed by atoms with van der Waals surface area (Å²) in [5.74, 6) is 0. The van der Waals surface area contributed by atoms with E-state index in [-0.39, 0.29) is 6.10 Å². The van der Waals surface area contributed by atoms with Gasteiger partial charge in [0.15, 0.2) is 0 Å². The first kappa shape index (κ1) is 22.9. The van der Waals surface area contributed by atoms with Crippen molar-refractivity contribution in [3.8, 4) is 0 Å². The van der Waals surface area contributed by atoms with Gasteiger partial charge in [0.2, 0.25) is 0 Å². The molecule has 2 atom stereocenters. The molecule has 0 heterocycles. The largest absolute Gasteiger partial charge is 0.392 e. The van der Waals surface area contributed by atoms with Crippen LogP contribution >= 0.6 is 0 Å². The molecule has 0 saturated carbocycles. The van der Waals surface area contributed by atoms with Crippen molar-refractivity contribution in [2.24, 2.45) is 0 Å². The smallest absolute Gasteiger partial charge is 0.102 e. The van der Waals surface area contributed by atoms with Crippen molar-refractivity contribution >= 4 is 0 Å². The highest BCUT2D eigenvalue weighted by Gasteiger charge is 2.04. The highest BCUT2D eigenvalue weighted by molar-refractivity contribution is 4.60. The monoisotopic (exact) mass is 329 g/mol. The van der Waals surface area contributed by atoms with E-state index >= 15 is 0 Å². The zero-order chi connectivity index (χ0) is 17.2. The Morgan fingerprint density at radius 1 is 0.652 bits per heavy atom. The van der Waals surface area contributed by atoms with Gasteiger partial charge in [-0.05, 0) is 13.3 Å². The molecule has 0 aliphatic carbocycles. The van der Waals surface area contributed by atoms with Crippen LogP contribution in [0.2, 0.25) is 0 Å². The molecule has 0 bridgehead atoms. The molecule has 0 aromatic carbocycles. The molecular formula is C20H43NO2. The molecule has 0 amide bonds. The molecule has 0 fully saturated rings. The Balaban J connectivity index is 3.07. The number of unbranched alkanes of at least 4 members (excludes halogenated alkanes) is 13. The van der Waals surface area contributed by atoms with E-state index in [1.54, 1.807) is 6.92 Å². The zero-order valence-electron chi connectivity index (χ0n) is 15.9. The lowest BCUT2D eigenvalue weighted by atomic mass is 10.0. The number of nitrogens with one attached hydrogen (secondary N) is 1. The van der Waals surface area contributed by atoms with Gasteiger partial charge in [-0.3, -0.25) is 5.32 Å². The molecule has 3 nitrogen and oxygen atoms in total. The summed E-state index contributed by atoms with van der Waals surface area (Å²) in [7, 11) is 0. The maximum absolute atomic E-state index is 9.72. The molecule has 0 spiro atoms. The van der Waals surface area contributed by atoms with Crippen molar-refractivity contribution in [1.29, 1.82) is 0 Å². The van der Waals surface area contributed by atoms with Crippen LogP contribution in [0.4, 0.5) is 0 Å². The Bertz CT molecular complexity index is 222. The van der Waals surface area contributed by atoms with Crippen LogP contribution in [0.15, 0.2) is 0 Å². The van der Waals surface area contributed by atoms with Crippen molar-refractivity contribution in [3.63, 3.8) is 0 Å². The van der Waals surface area contributed by atoms with Crippen LogP contribution in [-0.2, 0) is 0 Å². The maximum Gasteiger partial charge on any atom is 0.102 e. The molecule has 0 radical (unpaired) electrons. The van der Waals surface area contributed by atoms with Crippen LogP contribution < -0.4 is 5.32 Å². The summed E-state index contributed by atoms with van der Waals surface area (Å²) in [6.07, 6.45) is 19.1. The summed E-state index contributed by atoms with van der Waals surface area (Å²) in [6, 6.07) is 0. The van der Waals surface area contributed by atoms with E-state index in [4.69, 9.17) is 5.11 Å². The van der Waals surface area contributed by atoms with Gasteiger partial charge in [-0.2, -0.15) is 0 Å². The van der Waals surface area contributed by atoms with Gasteiger partial charge in [-0.15, -0.1) is 0 Å². The molecule has 0 aliphatic heterocycles. The lowest BCUT2D eigenvalue weighted by molar-refractivity contribution is 0.108. The van der Waals surface area contributed by atoms with E-state index in [1.165, 1.54) is 83.5 Å². The molecule has 23 heavy (non-hydrogen) atoms. The normalized spacial score (nSPS) is 14.1. The number of hydrogen-bond donors (Lipinski definition) is 3.